The topological polar surface area (TPSA) is 32.8 Å². The second-order valence-corrected chi connectivity index (χ2v) is 7.60. The first kappa shape index (κ1) is 17.8. The van der Waals surface area contributed by atoms with Crippen LogP contribution in [-0.2, 0) is 4.79 Å². The van der Waals surface area contributed by atoms with E-state index in [1.807, 2.05) is 35.2 Å². The Morgan fingerprint density at radius 2 is 1.96 bits per heavy atom. The summed E-state index contributed by atoms with van der Waals surface area (Å²) in [6.07, 6.45) is 4.60. The monoisotopic (exact) mass is 362 g/mol. The molecule has 0 bridgehead atoms. The molecule has 2 aliphatic heterocycles. The average Bonchev–Trinajstić information content (AvgIpc) is 2.99. The smallest absolute Gasteiger partial charge is 0.251 e. The van der Waals surface area contributed by atoms with Gasteiger partial charge >= 0.3 is 0 Å². The quantitative estimate of drug-likeness (QED) is 0.778. The third-order valence-corrected chi connectivity index (χ3v) is 5.72. The zero-order valence-electron chi connectivity index (χ0n) is 16.2. The van der Waals surface area contributed by atoms with Crippen LogP contribution < -0.4 is 9.64 Å². The van der Waals surface area contributed by atoms with Gasteiger partial charge in [0, 0.05) is 30.3 Å². The Bertz CT molecular complexity index is 872. The number of fused-ring (bicyclic) bond motifs is 3. The lowest BCUT2D eigenvalue weighted by Gasteiger charge is -2.36. The number of methoxy groups -OCH3 is 1. The molecule has 4 nitrogen and oxygen atoms in total. The third kappa shape index (κ3) is 3.37. The molecule has 2 aliphatic rings. The van der Waals surface area contributed by atoms with Crippen LogP contribution in [0.4, 0.5) is 5.69 Å². The van der Waals surface area contributed by atoms with Gasteiger partial charge in [0.2, 0.25) is 0 Å². The summed E-state index contributed by atoms with van der Waals surface area (Å²) in [5.74, 6) is 1.28. The highest BCUT2D eigenvalue weighted by atomic mass is 16.5. The van der Waals surface area contributed by atoms with Gasteiger partial charge in [-0.05, 0) is 62.3 Å². The van der Waals surface area contributed by atoms with E-state index in [9.17, 15) is 4.79 Å². The number of hydrogen-bond acceptors (Lipinski definition) is 3. The Hall–Kier alpha value is -2.59. The number of carbonyl (C=O) groups is 1. The Balaban J connectivity index is 1.61. The largest absolute Gasteiger partial charge is 0.497 e. The van der Waals surface area contributed by atoms with E-state index in [4.69, 9.17) is 4.74 Å². The van der Waals surface area contributed by atoms with Crippen molar-refractivity contribution in [2.24, 2.45) is 0 Å². The van der Waals surface area contributed by atoms with Crippen LogP contribution in [0.5, 0.6) is 5.75 Å². The highest BCUT2D eigenvalue weighted by Gasteiger charge is 2.43. The Labute approximate surface area is 161 Å². The fourth-order valence-electron chi connectivity index (χ4n) is 4.33. The van der Waals surface area contributed by atoms with Gasteiger partial charge in [-0.25, -0.2) is 0 Å². The first-order valence-electron chi connectivity index (χ1n) is 9.51. The molecular weight excluding hydrogens is 336 g/mol. The number of piperidine rings is 1. The highest BCUT2D eigenvalue weighted by Crippen LogP contribution is 2.45. The lowest BCUT2D eigenvalue weighted by molar-refractivity contribution is -0.114. The van der Waals surface area contributed by atoms with Gasteiger partial charge in [0.25, 0.3) is 5.91 Å². The summed E-state index contributed by atoms with van der Waals surface area (Å²) in [4.78, 5) is 17.5. The Morgan fingerprint density at radius 3 is 2.70 bits per heavy atom. The molecule has 0 unspecified atom stereocenters. The van der Waals surface area contributed by atoms with Crippen molar-refractivity contribution in [3.63, 3.8) is 0 Å². The number of anilines is 1. The standard InChI is InChI=1S/C23H26N2O2/c1-16-4-10-21-19(14-16)20-15-24(2)13-12-22(20)25(21)23(26)11-7-17-5-8-18(27-3)9-6-17/h4-11,14,20,22H,12-13,15H2,1-3H3/b11-7+/t20-,22-/m1/s1. The van der Waals surface area contributed by atoms with Gasteiger partial charge in [0.05, 0.1) is 7.11 Å². The summed E-state index contributed by atoms with van der Waals surface area (Å²) >= 11 is 0. The minimum Gasteiger partial charge on any atom is -0.497 e. The maximum atomic E-state index is 13.1. The predicted molar refractivity (Wildman–Crippen MR) is 109 cm³/mol. The van der Waals surface area contributed by atoms with Crippen molar-refractivity contribution in [1.82, 2.24) is 4.90 Å². The van der Waals surface area contributed by atoms with E-state index in [0.29, 0.717) is 5.92 Å². The number of likely N-dealkylation sites (N-methyl/N-ethyl adjacent to an activating group) is 1. The van der Waals surface area contributed by atoms with Crippen molar-refractivity contribution in [3.05, 3.63) is 65.2 Å². The number of benzene rings is 2. The van der Waals surface area contributed by atoms with Gasteiger partial charge in [0.1, 0.15) is 5.75 Å². The number of likely N-dealkylation sites (tertiary alicyclic amines) is 1. The second-order valence-electron chi connectivity index (χ2n) is 7.60. The Morgan fingerprint density at radius 1 is 1.19 bits per heavy atom. The summed E-state index contributed by atoms with van der Waals surface area (Å²) < 4.78 is 5.19. The maximum Gasteiger partial charge on any atom is 0.251 e. The molecule has 1 saturated heterocycles. The first-order chi connectivity index (χ1) is 13.1. The molecule has 4 rings (SSSR count). The molecule has 27 heavy (non-hydrogen) atoms. The van der Waals surface area contributed by atoms with Gasteiger partial charge in [-0.15, -0.1) is 0 Å². The third-order valence-electron chi connectivity index (χ3n) is 5.72. The van der Waals surface area contributed by atoms with Crippen molar-refractivity contribution in [1.29, 1.82) is 0 Å². The van der Waals surface area contributed by atoms with Gasteiger partial charge in [0.15, 0.2) is 0 Å². The minimum absolute atomic E-state index is 0.0629. The molecule has 2 aromatic rings. The van der Waals surface area contributed by atoms with E-state index in [0.717, 1.165) is 36.5 Å². The highest BCUT2D eigenvalue weighted by molar-refractivity contribution is 6.06. The second kappa shape index (κ2) is 7.20. The van der Waals surface area contributed by atoms with E-state index >= 15 is 0 Å². The molecule has 2 aromatic carbocycles. The van der Waals surface area contributed by atoms with Crippen LogP contribution in [0.15, 0.2) is 48.5 Å². The van der Waals surface area contributed by atoms with Crippen molar-refractivity contribution in [2.75, 3.05) is 32.1 Å². The fraction of sp³-hybridized carbons (Fsp3) is 0.348. The lowest BCUT2D eigenvalue weighted by atomic mass is 9.89. The lowest BCUT2D eigenvalue weighted by Crippen LogP contribution is -2.46. The molecule has 1 amide bonds. The van der Waals surface area contributed by atoms with Gasteiger partial charge in [-0.2, -0.15) is 0 Å². The van der Waals surface area contributed by atoms with Crippen LogP contribution in [-0.4, -0.2) is 44.1 Å². The summed E-state index contributed by atoms with van der Waals surface area (Å²) in [6.45, 7) is 4.16. The summed E-state index contributed by atoms with van der Waals surface area (Å²) in [6, 6.07) is 14.5. The van der Waals surface area contributed by atoms with E-state index in [1.165, 1.54) is 11.1 Å². The fourth-order valence-corrected chi connectivity index (χ4v) is 4.33. The molecule has 4 heteroatoms. The molecule has 0 aromatic heterocycles. The van der Waals surface area contributed by atoms with Crippen LogP contribution in [0, 0.1) is 6.92 Å². The molecule has 2 heterocycles. The van der Waals surface area contributed by atoms with Crippen molar-refractivity contribution < 1.29 is 9.53 Å². The molecule has 2 atom stereocenters. The average molecular weight is 362 g/mol. The normalized spacial score (nSPS) is 22.0. The number of ether oxygens (including phenoxy) is 1. The summed E-state index contributed by atoms with van der Waals surface area (Å²) in [5, 5.41) is 0. The van der Waals surface area contributed by atoms with Crippen LogP contribution in [0.2, 0.25) is 0 Å². The number of rotatable bonds is 3. The van der Waals surface area contributed by atoms with Crippen LogP contribution in [0.1, 0.15) is 29.0 Å². The molecule has 0 saturated carbocycles. The van der Waals surface area contributed by atoms with Crippen LogP contribution >= 0.6 is 0 Å². The van der Waals surface area contributed by atoms with Crippen LogP contribution in [0.3, 0.4) is 0 Å². The van der Waals surface area contributed by atoms with Crippen LogP contribution in [0.25, 0.3) is 6.08 Å². The molecule has 1 fully saturated rings. The maximum absolute atomic E-state index is 13.1. The summed E-state index contributed by atoms with van der Waals surface area (Å²) in [7, 11) is 3.82. The molecule has 0 N–H and O–H groups in total. The number of amides is 1. The zero-order chi connectivity index (χ0) is 19.0. The van der Waals surface area contributed by atoms with Crippen molar-refractivity contribution >= 4 is 17.7 Å². The SMILES string of the molecule is COc1ccc(/C=C/C(=O)N2c3ccc(C)cc3[C@H]3CN(C)CC[C@H]32)cc1. The van der Waals surface area contributed by atoms with Gasteiger partial charge < -0.3 is 14.5 Å². The number of nitrogens with zero attached hydrogens (tertiary/aromatic N) is 2. The van der Waals surface area contributed by atoms with Gasteiger partial charge in [-0.1, -0.05) is 29.8 Å². The van der Waals surface area contributed by atoms with Crippen molar-refractivity contribution in [2.45, 2.75) is 25.3 Å². The molecular formula is C23H26N2O2. The van der Waals surface area contributed by atoms with E-state index in [1.54, 1.807) is 13.2 Å². The molecule has 0 radical (unpaired) electrons. The predicted octanol–water partition coefficient (Wildman–Crippen LogP) is 3.85. The first-order valence-corrected chi connectivity index (χ1v) is 9.51. The molecule has 0 spiro atoms. The van der Waals surface area contributed by atoms with E-state index in [-0.39, 0.29) is 11.9 Å². The van der Waals surface area contributed by atoms with E-state index < -0.39 is 0 Å². The van der Waals surface area contributed by atoms with Crippen molar-refractivity contribution in [3.8, 4) is 5.75 Å². The minimum atomic E-state index is 0.0629. The zero-order valence-corrected chi connectivity index (χ0v) is 16.2. The summed E-state index contributed by atoms with van der Waals surface area (Å²) in [5.41, 5.74) is 4.64. The van der Waals surface area contributed by atoms with Gasteiger partial charge in [-0.3, -0.25) is 4.79 Å². The molecule has 140 valence electrons. The number of hydrogen-bond donors (Lipinski definition) is 0. The number of carbonyl (C=O) groups excluding carboxylic acids is 1. The van der Waals surface area contributed by atoms with E-state index in [2.05, 4.69) is 37.1 Å². The Kier molecular flexibility index (Phi) is 4.75. The number of aryl methyl sites for hydroxylation is 1. The molecule has 0 aliphatic carbocycles.